The maximum atomic E-state index is 12.5. The molecule has 2 aromatic carbocycles. The molecule has 0 unspecified atom stereocenters. The zero-order valence-electron chi connectivity index (χ0n) is 16.1. The first-order valence-corrected chi connectivity index (χ1v) is 8.92. The van der Waals surface area contributed by atoms with Crippen LogP contribution >= 0.6 is 0 Å². The molecular formula is C22H21N3O4. The minimum Gasteiger partial charge on any atom is -0.493 e. The van der Waals surface area contributed by atoms with Gasteiger partial charge in [0.15, 0.2) is 11.5 Å². The molecule has 29 heavy (non-hydrogen) atoms. The SMILES string of the molecule is COc1ccc(NC(=O)c2ccc(C(=O)NCc3ccccn3)cc2)cc1OC. The van der Waals surface area contributed by atoms with Crippen molar-refractivity contribution in [3.05, 3.63) is 83.7 Å². The molecule has 1 heterocycles. The number of hydrogen-bond donors (Lipinski definition) is 2. The Morgan fingerprint density at radius 3 is 2.17 bits per heavy atom. The van der Waals surface area contributed by atoms with Crippen molar-refractivity contribution >= 4 is 17.5 Å². The third kappa shape index (κ3) is 5.10. The predicted molar refractivity (Wildman–Crippen MR) is 109 cm³/mol. The topological polar surface area (TPSA) is 89.5 Å². The van der Waals surface area contributed by atoms with Crippen molar-refractivity contribution in [2.75, 3.05) is 19.5 Å². The van der Waals surface area contributed by atoms with Crippen LogP contribution in [0.3, 0.4) is 0 Å². The maximum Gasteiger partial charge on any atom is 0.255 e. The molecule has 3 aromatic rings. The Balaban J connectivity index is 1.62. The number of pyridine rings is 1. The first kappa shape index (κ1) is 19.9. The summed E-state index contributed by atoms with van der Waals surface area (Å²) in [6, 6.07) is 17.0. The van der Waals surface area contributed by atoms with Gasteiger partial charge in [-0.15, -0.1) is 0 Å². The molecule has 0 bridgehead atoms. The highest BCUT2D eigenvalue weighted by molar-refractivity contribution is 6.05. The van der Waals surface area contributed by atoms with Crippen LogP contribution in [0.1, 0.15) is 26.4 Å². The number of methoxy groups -OCH3 is 2. The zero-order valence-corrected chi connectivity index (χ0v) is 16.1. The number of anilines is 1. The minimum absolute atomic E-state index is 0.234. The number of benzene rings is 2. The first-order chi connectivity index (χ1) is 14.1. The molecule has 0 radical (unpaired) electrons. The largest absolute Gasteiger partial charge is 0.493 e. The van der Waals surface area contributed by atoms with Crippen molar-refractivity contribution in [2.45, 2.75) is 6.54 Å². The van der Waals surface area contributed by atoms with Crippen LogP contribution in [0.5, 0.6) is 11.5 Å². The summed E-state index contributed by atoms with van der Waals surface area (Å²) in [6.45, 7) is 0.335. The predicted octanol–water partition coefficient (Wildman–Crippen LogP) is 3.28. The van der Waals surface area contributed by atoms with Crippen LogP contribution in [0.4, 0.5) is 5.69 Å². The molecule has 7 nitrogen and oxygen atoms in total. The second-order valence-electron chi connectivity index (χ2n) is 6.10. The average molecular weight is 391 g/mol. The Hall–Kier alpha value is -3.87. The number of rotatable bonds is 7. The molecule has 0 atom stereocenters. The Labute approximate surface area is 168 Å². The molecule has 0 fully saturated rings. The number of nitrogens with one attached hydrogen (secondary N) is 2. The fraction of sp³-hybridized carbons (Fsp3) is 0.136. The van der Waals surface area contributed by atoms with E-state index in [4.69, 9.17) is 9.47 Å². The lowest BCUT2D eigenvalue weighted by molar-refractivity contribution is 0.0948. The molecule has 2 N–H and O–H groups in total. The van der Waals surface area contributed by atoms with Crippen LogP contribution in [0.2, 0.25) is 0 Å². The number of hydrogen-bond acceptors (Lipinski definition) is 5. The van der Waals surface area contributed by atoms with Crippen LogP contribution in [0.25, 0.3) is 0 Å². The Bertz CT molecular complexity index is 989. The molecule has 148 valence electrons. The van der Waals surface area contributed by atoms with Gasteiger partial charge in [0.25, 0.3) is 11.8 Å². The number of nitrogens with zero attached hydrogens (tertiary/aromatic N) is 1. The molecule has 0 aliphatic carbocycles. The molecule has 0 saturated carbocycles. The molecular weight excluding hydrogens is 370 g/mol. The fourth-order valence-corrected chi connectivity index (χ4v) is 2.67. The number of aromatic nitrogens is 1. The molecule has 0 spiro atoms. The van der Waals surface area contributed by atoms with Crippen molar-refractivity contribution in [3.8, 4) is 11.5 Å². The van der Waals surface area contributed by atoms with E-state index in [2.05, 4.69) is 15.6 Å². The van der Waals surface area contributed by atoms with Gasteiger partial charge < -0.3 is 20.1 Å². The second kappa shape index (κ2) is 9.36. The summed E-state index contributed by atoms with van der Waals surface area (Å²) in [5.41, 5.74) is 2.24. The van der Waals surface area contributed by atoms with E-state index in [1.165, 1.54) is 7.11 Å². The Morgan fingerprint density at radius 1 is 0.862 bits per heavy atom. The maximum absolute atomic E-state index is 12.5. The summed E-state index contributed by atoms with van der Waals surface area (Å²) >= 11 is 0. The van der Waals surface area contributed by atoms with E-state index < -0.39 is 0 Å². The van der Waals surface area contributed by atoms with E-state index in [0.717, 1.165) is 5.69 Å². The first-order valence-electron chi connectivity index (χ1n) is 8.92. The van der Waals surface area contributed by atoms with E-state index >= 15 is 0 Å². The summed E-state index contributed by atoms with van der Waals surface area (Å²) < 4.78 is 10.4. The number of ether oxygens (including phenoxy) is 2. The second-order valence-corrected chi connectivity index (χ2v) is 6.10. The lowest BCUT2D eigenvalue weighted by atomic mass is 10.1. The van der Waals surface area contributed by atoms with Gasteiger partial charge in [0.2, 0.25) is 0 Å². The van der Waals surface area contributed by atoms with Gasteiger partial charge >= 0.3 is 0 Å². The number of carbonyl (C=O) groups is 2. The smallest absolute Gasteiger partial charge is 0.255 e. The van der Waals surface area contributed by atoms with Gasteiger partial charge in [-0.1, -0.05) is 6.07 Å². The van der Waals surface area contributed by atoms with E-state index in [-0.39, 0.29) is 11.8 Å². The Kier molecular flexibility index (Phi) is 6.42. The Morgan fingerprint density at radius 2 is 1.55 bits per heavy atom. The molecule has 3 rings (SSSR count). The van der Waals surface area contributed by atoms with E-state index in [9.17, 15) is 9.59 Å². The molecule has 1 aromatic heterocycles. The molecule has 0 saturated heterocycles. The van der Waals surface area contributed by atoms with Gasteiger partial charge in [-0.25, -0.2) is 0 Å². The lowest BCUT2D eigenvalue weighted by Gasteiger charge is -2.11. The third-order valence-electron chi connectivity index (χ3n) is 4.21. The highest BCUT2D eigenvalue weighted by atomic mass is 16.5. The van der Waals surface area contributed by atoms with Crippen LogP contribution in [-0.4, -0.2) is 31.0 Å². The summed E-state index contributed by atoms with van der Waals surface area (Å²) in [5, 5.41) is 5.60. The van der Waals surface area contributed by atoms with Crippen LogP contribution in [0, 0.1) is 0 Å². The highest BCUT2D eigenvalue weighted by Gasteiger charge is 2.11. The van der Waals surface area contributed by atoms with Gasteiger partial charge in [-0.05, 0) is 48.5 Å². The third-order valence-corrected chi connectivity index (χ3v) is 4.21. The lowest BCUT2D eigenvalue weighted by Crippen LogP contribution is -2.23. The molecule has 0 aliphatic heterocycles. The van der Waals surface area contributed by atoms with Crippen molar-refractivity contribution in [2.24, 2.45) is 0 Å². The zero-order chi connectivity index (χ0) is 20.6. The van der Waals surface area contributed by atoms with E-state index in [1.54, 1.807) is 55.8 Å². The van der Waals surface area contributed by atoms with Crippen molar-refractivity contribution in [3.63, 3.8) is 0 Å². The van der Waals surface area contributed by atoms with Gasteiger partial charge in [-0.2, -0.15) is 0 Å². The van der Waals surface area contributed by atoms with Gasteiger partial charge in [0.05, 0.1) is 26.5 Å². The summed E-state index contributed by atoms with van der Waals surface area (Å²) in [7, 11) is 3.07. The quantitative estimate of drug-likeness (QED) is 0.645. The minimum atomic E-state index is -0.294. The molecule has 7 heteroatoms. The number of carbonyl (C=O) groups excluding carboxylic acids is 2. The fourth-order valence-electron chi connectivity index (χ4n) is 2.67. The van der Waals surface area contributed by atoms with Crippen LogP contribution < -0.4 is 20.1 Å². The summed E-state index contributed by atoms with van der Waals surface area (Å²) in [5.74, 6) is 0.567. The van der Waals surface area contributed by atoms with Crippen molar-refractivity contribution in [1.29, 1.82) is 0 Å². The summed E-state index contributed by atoms with van der Waals surface area (Å²) in [6.07, 6.45) is 1.67. The van der Waals surface area contributed by atoms with E-state index in [0.29, 0.717) is 34.9 Å². The van der Waals surface area contributed by atoms with Crippen molar-refractivity contribution in [1.82, 2.24) is 10.3 Å². The standard InChI is InChI=1S/C22H21N3O4/c1-28-19-11-10-17(13-20(19)29-2)25-22(27)16-8-6-15(7-9-16)21(26)24-14-18-5-3-4-12-23-18/h3-13H,14H2,1-2H3,(H,24,26)(H,25,27). The van der Waals surface area contributed by atoms with Crippen molar-refractivity contribution < 1.29 is 19.1 Å². The monoisotopic (exact) mass is 391 g/mol. The van der Waals surface area contributed by atoms with E-state index in [1.807, 2.05) is 18.2 Å². The molecule has 0 aliphatic rings. The highest BCUT2D eigenvalue weighted by Crippen LogP contribution is 2.29. The number of amides is 2. The van der Waals surface area contributed by atoms with Gasteiger partial charge in [0, 0.05) is 29.1 Å². The average Bonchev–Trinajstić information content (AvgIpc) is 2.78. The molecule has 2 amide bonds. The normalized spacial score (nSPS) is 10.1. The van der Waals surface area contributed by atoms with Crippen LogP contribution in [-0.2, 0) is 6.54 Å². The van der Waals surface area contributed by atoms with Crippen LogP contribution in [0.15, 0.2) is 66.9 Å². The summed E-state index contributed by atoms with van der Waals surface area (Å²) in [4.78, 5) is 28.9. The van der Waals surface area contributed by atoms with Gasteiger partial charge in [-0.3, -0.25) is 14.6 Å². The van der Waals surface area contributed by atoms with Gasteiger partial charge in [0.1, 0.15) is 0 Å².